The Morgan fingerprint density at radius 2 is 1.83 bits per heavy atom. The van der Waals surface area contributed by atoms with Gasteiger partial charge in [-0.2, -0.15) is 5.26 Å². The standard InChI is InChI=1S/C10H18N2/c11-7-8-12-9-10-5-3-1-2-4-6-10/h10,12H,1-6,8-9H2. The van der Waals surface area contributed by atoms with Crippen LogP contribution in [0.2, 0.25) is 0 Å². The highest BCUT2D eigenvalue weighted by Crippen LogP contribution is 2.21. The molecule has 68 valence electrons. The average Bonchev–Trinajstić information content (AvgIpc) is 2.33. The molecule has 1 saturated carbocycles. The molecule has 0 bridgehead atoms. The van der Waals surface area contributed by atoms with E-state index in [1.54, 1.807) is 0 Å². The molecule has 1 fully saturated rings. The summed E-state index contributed by atoms with van der Waals surface area (Å²) in [5, 5.41) is 11.5. The van der Waals surface area contributed by atoms with Crippen molar-refractivity contribution in [2.75, 3.05) is 13.1 Å². The first kappa shape index (κ1) is 9.54. The summed E-state index contributed by atoms with van der Waals surface area (Å²) in [6.45, 7) is 1.56. The second-order valence-corrected chi connectivity index (χ2v) is 3.65. The van der Waals surface area contributed by atoms with Gasteiger partial charge in [0.15, 0.2) is 0 Å². The Balaban J connectivity index is 2.08. The van der Waals surface area contributed by atoms with E-state index in [9.17, 15) is 0 Å². The molecule has 12 heavy (non-hydrogen) atoms. The van der Waals surface area contributed by atoms with Gasteiger partial charge in [-0.25, -0.2) is 0 Å². The molecule has 2 nitrogen and oxygen atoms in total. The van der Waals surface area contributed by atoms with Gasteiger partial charge in [0.25, 0.3) is 0 Å². The van der Waals surface area contributed by atoms with Crippen LogP contribution in [-0.4, -0.2) is 13.1 Å². The second kappa shape index (κ2) is 6.02. The minimum Gasteiger partial charge on any atom is -0.304 e. The smallest absolute Gasteiger partial charge is 0.0841 e. The third-order valence-electron chi connectivity index (χ3n) is 2.61. The Hall–Kier alpha value is -0.550. The summed E-state index contributed by atoms with van der Waals surface area (Å²) in [5.74, 6) is 0.834. The zero-order chi connectivity index (χ0) is 8.65. The van der Waals surface area contributed by atoms with Gasteiger partial charge in [-0.3, -0.25) is 0 Å². The molecule has 0 aliphatic heterocycles. The lowest BCUT2D eigenvalue weighted by molar-refractivity contribution is 0.435. The number of nitriles is 1. The fourth-order valence-corrected chi connectivity index (χ4v) is 1.90. The highest BCUT2D eigenvalue weighted by atomic mass is 14.8. The summed E-state index contributed by atoms with van der Waals surface area (Å²) in [4.78, 5) is 0. The van der Waals surface area contributed by atoms with E-state index in [-0.39, 0.29) is 0 Å². The van der Waals surface area contributed by atoms with Crippen molar-refractivity contribution >= 4 is 0 Å². The Morgan fingerprint density at radius 3 is 2.42 bits per heavy atom. The molecule has 0 amide bonds. The zero-order valence-electron chi connectivity index (χ0n) is 7.68. The Morgan fingerprint density at radius 1 is 1.17 bits per heavy atom. The van der Waals surface area contributed by atoms with Gasteiger partial charge >= 0.3 is 0 Å². The largest absolute Gasteiger partial charge is 0.304 e. The molecule has 0 unspecified atom stereocenters. The normalized spacial score (nSPS) is 19.9. The van der Waals surface area contributed by atoms with Crippen LogP contribution in [0, 0.1) is 17.2 Å². The zero-order valence-corrected chi connectivity index (χ0v) is 7.68. The summed E-state index contributed by atoms with van der Waals surface area (Å²) in [6, 6.07) is 2.11. The molecule has 0 saturated heterocycles. The van der Waals surface area contributed by atoms with Crippen molar-refractivity contribution in [1.29, 1.82) is 5.26 Å². The molecule has 2 heteroatoms. The molecule has 0 spiro atoms. The highest BCUT2D eigenvalue weighted by Gasteiger charge is 2.10. The van der Waals surface area contributed by atoms with Gasteiger partial charge in [0, 0.05) is 0 Å². The van der Waals surface area contributed by atoms with E-state index < -0.39 is 0 Å². The number of hydrogen-bond donors (Lipinski definition) is 1. The van der Waals surface area contributed by atoms with E-state index in [2.05, 4.69) is 11.4 Å². The van der Waals surface area contributed by atoms with Crippen molar-refractivity contribution in [3.05, 3.63) is 0 Å². The molecule has 1 aliphatic carbocycles. The van der Waals surface area contributed by atoms with Crippen LogP contribution in [0.25, 0.3) is 0 Å². The van der Waals surface area contributed by atoms with Crippen LogP contribution in [0.4, 0.5) is 0 Å². The predicted octanol–water partition coefficient (Wildman–Crippen LogP) is 2.07. The summed E-state index contributed by atoms with van der Waals surface area (Å²) >= 11 is 0. The lowest BCUT2D eigenvalue weighted by Gasteiger charge is -2.12. The Kier molecular flexibility index (Phi) is 4.79. The van der Waals surface area contributed by atoms with Crippen LogP contribution in [0.15, 0.2) is 0 Å². The van der Waals surface area contributed by atoms with Crippen LogP contribution in [0.3, 0.4) is 0 Å². The van der Waals surface area contributed by atoms with Crippen molar-refractivity contribution in [2.45, 2.75) is 38.5 Å². The molecule has 1 aliphatic rings. The Bertz CT molecular complexity index is 140. The van der Waals surface area contributed by atoms with E-state index >= 15 is 0 Å². The van der Waals surface area contributed by atoms with E-state index in [0.717, 1.165) is 12.5 Å². The fourth-order valence-electron chi connectivity index (χ4n) is 1.90. The molecule has 1 N–H and O–H groups in total. The topological polar surface area (TPSA) is 35.8 Å². The minimum absolute atomic E-state index is 0.510. The summed E-state index contributed by atoms with van der Waals surface area (Å²) in [6.07, 6.45) is 8.32. The predicted molar refractivity (Wildman–Crippen MR) is 49.7 cm³/mol. The molecule has 0 aromatic rings. The van der Waals surface area contributed by atoms with Gasteiger partial charge in [0.2, 0.25) is 0 Å². The van der Waals surface area contributed by atoms with Gasteiger partial charge in [-0.1, -0.05) is 25.7 Å². The summed E-state index contributed by atoms with van der Waals surface area (Å²) in [7, 11) is 0. The van der Waals surface area contributed by atoms with Gasteiger partial charge in [0.05, 0.1) is 12.6 Å². The van der Waals surface area contributed by atoms with Gasteiger partial charge in [-0.05, 0) is 25.3 Å². The van der Waals surface area contributed by atoms with Crippen LogP contribution < -0.4 is 5.32 Å². The number of hydrogen-bond acceptors (Lipinski definition) is 2. The van der Waals surface area contributed by atoms with Gasteiger partial charge in [-0.15, -0.1) is 0 Å². The Labute approximate surface area is 75.0 Å². The molecular weight excluding hydrogens is 148 g/mol. The number of nitrogens with one attached hydrogen (secondary N) is 1. The van der Waals surface area contributed by atoms with Crippen molar-refractivity contribution in [3.63, 3.8) is 0 Å². The first-order valence-electron chi connectivity index (χ1n) is 5.01. The number of nitrogens with zero attached hydrogens (tertiary/aromatic N) is 1. The minimum atomic E-state index is 0.510. The summed E-state index contributed by atoms with van der Waals surface area (Å²) in [5.41, 5.74) is 0. The molecule has 0 aromatic heterocycles. The van der Waals surface area contributed by atoms with E-state index in [1.807, 2.05) is 0 Å². The van der Waals surface area contributed by atoms with Gasteiger partial charge in [0.1, 0.15) is 0 Å². The van der Waals surface area contributed by atoms with E-state index in [0.29, 0.717) is 6.54 Å². The molecular formula is C10H18N2. The quantitative estimate of drug-likeness (QED) is 0.396. The van der Waals surface area contributed by atoms with Crippen LogP contribution in [-0.2, 0) is 0 Å². The second-order valence-electron chi connectivity index (χ2n) is 3.65. The van der Waals surface area contributed by atoms with E-state index in [4.69, 9.17) is 5.26 Å². The first-order valence-corrected chi connectivity index (χ1v) is 5.01. The molecule has 0 heterocycles. The monoisotopic (exact) mass is 166 g/mol. The van der Waals surface area contributed by atoms with Crippen molar-refractivity contribution in [2.24, 2.45) is 5.92 Å². The SMILES string of the molecule is N#CCNCC1CCCCCC1. The van der Waals surface area contributed by atoms with Crippen molar-refractivity contribution in [3.8, 4) is 6.07 Å². The van der Waals surface area contributed by atoms with Gasteiger partial charge < -0.3 is 5.32 Å². The van der Waals surface area contributed by atoms with Crippen molar-refractivity contribution in [1.82, 2.24) is 5.32 Å². The van der Waals surface area contributed by atoms with E-state index in [1.165, 1.54) is 38.5 Å². The van der Waals surface area contributed by atoms with Crippen molar-refractivity contribution < 1.29 is 0 Å². The molecule has 1 rings (SSSR count). The third kappa shape index (κ3) is 3.73. The van der Waals surface area contributed by atoms with Crippen LogP contribution in [0.5, 0.6) is 0 Å². The maximum Gasteiger partial charge on any atom is 0.0841 e. The van der Waals surface area contributed by atoms with Crippen LogP contribution in [0.1, 0.15) is 38.5 Å². The first-order chi connectivity index (χ1) is 5.93. The summed E-state index contributed by atoms with van der Waals surface area (Å²) < 4.78 is 0. The maximum atomic E-state index is 8.34. The molecule has 0 aromatic carbocycles. The lowest BCUT2D eigenvalue weighted by Crippen LogP contribution is -2.22. The fraction of sp³-hybridized carbons (Fsp3) is 0.900. The molecule has 0 radical (unpaired) electrons. The molecule has 0 atom stereocenters. The third-order valence-corrected chi connectivity index (χ3v) is 2.61. The number of rotatable bonds is 3. The van der Waals surface area contributed by atoms with Crippen LogP contribution >= 0.6 is 0 Å². The highest BCUT2D eigenvalue weighted by molar-refractivity contribution is 4.75. The average molecular weight is 166 g/mol. The lowest BCUT2D eigenvalue weighted by atomic mass is 10.0. The maximum absolute atomic E-state index is 8.34.